The van der Waals surface area contributed by atoms with Crippen LogP contribution in [0.3, 0.4) is 0 Å². The summed E-state index contributed by atoms with van der Waals surface area (Å²) in [5, 5.41) is 1.14. The van der Waals surface area contributed by atoms with Gasteiger partial charge < -0.3 is 9.64 Å². The number of thiazole rings is 1. The number of carbonyl (C=O) groups excluding carboxylic acids is 1. The van der Waals surface area contributed by atoms with Crippen LogP contribution in [0.2, 0.25) is 0 Å². The van der Waals surface area contributed by atoms with E-state index in [0.29, 0.717) is 5.92 Å². The second-order valence-corrected chi connectivity index (χ2v) is 7.78. The van der Waals surface area contributed by atoms with E-state index in [0.717, 1.165) is 42.2 Å². The Hall–Kier alpha value is -2.40. The molecule has 1 amide bonds. The number of hydrogen-bond donors (Lipinski definition) is 0. The van der Waals surface area contributed by atoms with Crippen molar-refractivity contribution in [2.24, 2.45) is 0 Å². The highest BCUT2D eigenvalue weighted by Crippen LogP contribution is 2.33. The first-order chi connectivity index (χ1) is 12.7. The highest BCUT2D eigenvalue weighted by atomic mass is 32.1. The van der Waals surface area contributed by atoms with Crippen LogP contribution in [0.15, 0.2) is 54.6 Å². The van der Waals surface area contributed by atoms with Gasteiger partial charge in [-0.05, 0) is 44.0 Å². The maximum atomic E-state index is 12.8. The fourth-order valence-electron chi connectivity index (χ4n) is 3.45. The third-order valence-electron chi connectivity index (χ3n) is 4.80. The summed E-state index contributed by atoms with van der Waals surface area (Å²) in [6, 6.07) is 17.7. The number of benzene rings is 2. The van der Waals surface area contributed by atoms with Crippen LogP contribution in [0.4, 0.5) is 0 Å². The molecule has 1 aliphatic rings. The van der Waals surface area contributed by atoms with E-state index < -0.39 is 6.10 Å². The molecule has 5 heteroatoms. The Balaban J connectivity index is 1.44. The molecule has 0 saturated carbocycles. The molecule has 2 aromatic carbocycles. The van der Waals surface area contributed by atoms with Crippen LogP contribution in [0.1, 0.15) is 30.7 Å². The zero-order valence-electron chi connectivity index (χ0n) is 14.8. The predicted molar refractivity (Wildman–Crippen MR) is 105 cm³/mol. The summed E-state index contributed by atoms with van der Waals surface area (Å²) in [6.45, 7) is 3.35. The Kier molecular flexibility index (Phi) is 4.89. The lowest BCUT2D eigenvalue weighted by molar-refractivity contribution is -0.139. The molecule has 0 spiro atoms. The van der Waals surface area contributed by atoms with Gasteiger partial charge in [0.1, 0.15) is 5.75 Å². The first kappa shape index (κ1) is 17.0. The summed E-state index contributed by atoms with van der Waals surface area (Å²) in [5.74, 6) is 1.10. The topological polar surface area (TPSA) is 42.4 Å². The molecule has 0 bridgehead atoms. The van der Waals surface area contributed by atoms with Crippen LogP contribution in [-0.4, -0.2) is 35.0 Å². The Morgan fingerprint density at radius 1 is 1.19 bits per heavy atom. The number of carbonyl (C=O) groups is 1. The third-order valence-corrected chi connectivity index (χ3v) is 6.00. The van der Waals surface area contributed by atoms with Gasteiger partial charge in [-0.1, -0.05) is 30.3 Å². The lowest BCUT2D eigenvalue weighted by atomic mass is 9.98. The van der Waals surface area contributed by atoms with Crippen molar-refractivity contribution in [2.45, 2.75) is 31.8 Å². The molecule has 0 aliphatic carbocycles. The van der Waals surface area contributed by atoms with Gasteiger partial charge in [0.25, 0.3) is 5.91 Å². The standard InChI is InChI=1S/C21H22N2O2S/c1-15(25-17-9-3-2-4-10-17)21(24)23-13-7-8-16(14-23)20-22-18-11-5-6-12-19(18)26-20/h2-6,9-12,15-16H,7-8,13-14H2,1H3. The van der Waals surface area contributed by atoms with Crippen LogP contribution in [0, 0.1) is 0 Å². The largest absolute Gasteiger partial charge is 0.481 e. The van der Waals surface area contributed by atoms with E-state index in [1.165, 1.54) is 4.70 Å². The van der Waals surface area contributed by atoms with Crippen molar-refractivity contribution >= 4 is 27.5 Å². The van der Waals surface area contributed by atoms with Gasteiger partial charge in [0.15, 0.2) is 6.10 Å². The van der Waals surface area contributed by atoms with E-state index in [1.54, 1.807) is 11.3 Å². The number of piperidine rings is 1. The van der Waals surface area contributed by atoms with Crippen LogP contribution < -0.4 is 4.74 Å². The number of para-hydroxylation sites is 2. The number of hydrogen-bond acceptors (Lipinski definition) is 4. The molecule has 26 heavy (non-hydrogen) atoms. The average Bonchev–Trinajstić information content (AvgIpc) is 3.12. The summed E-state index contributed by atoms with van der Waals surface area (Å²) in [7, 11) is 0. The molecular weight excluding hydrogens is 344 g/mol. The quantitative estimate of drug-likeness (QED) is 0.684. The first-order valence-corrected chi connectivity index (χ1v) is 9.88. The van der Waals surface area contributed by atoms with E-state index in [4.69, 9.17) is 9.72 Å². The van der Waals surface area contributed by atoms with Gasteiger partial charge in [0.2, 0.25) is 0 Å². The first-order valence-electron chi connectivity index (χ1n) is 9.06. The van der Waals surface area contributed by atoms with Crippen LogP contribution >= 0.6 is 11.3 Å². The second-order valence-electron chi connectivity index (χ2n) is 6.72. The van der Waals surface area contributed by atoms with Crippen LogP contribution in [-0.2, 0) is 4.79 Å². The second kappa shape index (κ2) is 7.46. The molecule has 4 rings (SSSR count). The van der Waals surface area contributed by atoms with Crippen molar-refractivity contribution in [2.75, 3.05) is 13.1 Å². The summed E-state index contributed by atoms with van der Waals surface area (Å²) in [4.78, 5) is 19.6. The summed E-state index contributed by atoms with van der Waals surface area (Å²) in [5.41, 5.74) is 1.05. The Morgan fingerprint density at radius 3 is 2.77 bits per heavy atom. The fourth-order valence-corrected chi connectivity index (χ4v) is 4.55. The van der Waals surface area contributed by atoms with Gasteiger partial charge >= 0.3 is 0 Å². The van der Waals surface area contributed by atoms with E-state index in [9.17, 15) is 4.79 Å². The molecule has 1 aromatic heterocycles. The van der Waals surface area contributed by atoms with Gasteiger partial charge in [-0.15, -0.1) is 11.3 Å². The van der Waals surface area contributed by atoms with Gasteiger partial charge in [0, 0.05) is 19.0 Å². The smallest absolute Gasteiger partial charge is 0.263 e. The Bertz CT molecular complexity index is 860. The van der Waals surface area contributed by atoms with Gasteiger partial charge in [-0.25, -0.2) is 4.98 Å². The number of aromatic nitrogens is 1. The molecule has 1 aliphatic heterocycles. The highest BCUT2D eigenvalue weighted by Gasteiger charge is 2.30. The molecule has 0 N–H and O–H groups in total. The third kappa shape index (κ3) is 3.58. The number of fused-ring (bicyclic) bond motifs is 1. The maximum Gasteiger partial charge on any atom is 0.263 e. The maximum absolute atomic E-state index is 12.8. The van der Waals surface area contributed by atoms with Crippen LogP contribution in [0.25, 0.3) is 10.2 Å². The van der Waals surface area contributed by atoms with Crippen molar-refractivity contribution in [3.05, 3.63) is 59.6 Å². The highest BCUT2D eigenvalue weighted by molar-refractivity contribution is 7.18. The minimum atomic E-state index is -0.480. The molecular formula is C21H22N2O2S. The number of amides is 1. The van der Waals surface area contributed by atoms with E-state index in [2.05, 4.69) is 12.1 Å². The minimum absolute atomic E-state index is 0.0552. The normalized spacial score (nSPS) is 18.7. The van der Waals surface area contributed by atoms with Gasteiger partial charge in [0.05, 0.1) is 15.2 Å². The van der Waals surface area contributed by atoms with Crippen molar-refractivity contribution in [3.63, 3.8) is 0 Å². The number of nitrogens with zero attached hydrogens (tertiary/aromatic N) is 2. The molecule has 2 atom stereocenters. The van der Waals surface area contributed by atoms with Crippen molar-refractivity contribution < 1.29 is 9.53 Å². The fraction of sp³-hybridized carbons (Fsp3) is 0.333. The summed E-state index contributed by atoms with van der Waals surface area (Å²) >= 11 is 1.75. The number of likely N-dealkylation sites (tertiary alicyclic amines) is 1. The van der Waals surface area contributed by atoms with Gasteiger partial charge in [-0.2, -0.15) is 0 Å². The Morgan fingerprint density at radius 2 is 1.96 bits per heavy atom. The number of rotatable bonds is 4. The lowest BCUT2D eigenvalue weighted by Gasteiger charge is -2.33. The van der Waals surface area contributed by atoms with E-state index >= 15 is 0 Å². The van der Waals surface area contributed by atoms with Crippen molar-refractivity contribution in [3.8, 4) is 5.75 Å². The molecule has 1 fully saturated rings. The van der Waals surface area contributed by atoms with Crippen molar-refractivity contribution in [1.82, 2.24) is 9.88 Å². The monoisotopic (exact) mass is 366 g/mol. The molecule has 3 aromatic rings. The van der Waals surface area contributed by atoms with Gasteiger partial charge in [-0.3, -0.25) is 4.79 Å². The SMILES string of the molecule is CC(Oc1ccccc1)C(=O)N1CCCC(c2nc3ccccc3s2)C1. The average molecular weight is 366 g/mol. The summed E-state index contributed by atoms with van der Waals surface area (Å²) in [6.07, 6.45) is 1.61. The number of ether oxygens (including phenoxy) is 1. The molecule has 2 unspecified atom stereocenters. The lowest BCUT2D eigenvalue weighted by Crippen LogP contribution is -2.45. The molecule has 0 radical (unpaired) electrons. The van der Waals surface area contributed by atoms with E-state index in [-0.39, 0.29) is 5.91 Å². The van der Waals surface area contributed by atoms with Crippen molar-refractivity contribution in [1.29, 1.82) is 0 Å². The zero-order valence-corrected chi connectivity index (χ0v) is 15.6. The van der Waals surface area contributed by atoms with Crippen LogP contribution in [0.5, 0.6) is 5.75 Å². The molecule has 134 valence electrons. The minimum Gasteiger partial charge on any atom is -0.481 e. The summed E-state index contributed by atoms with van der Waals surface area (Å²) < 4.78 is 7.03. The Labute approximate surface area is 157 Å². The predicted octanol–water partition coefficient (Wildman–Crippen LogP) is 4.47. The molecule has 4 nitrogen and oxygen atoms in total. The zero-order chi connectivity index (χ0) is 17.9. The van der Waals surface area contributed by atoms with E-state index in [1.807, 2.05) is 54.3 Å². The molecule has 1 saturated heterocycles. The molecule has 2 heterocycles.